The fourth-order valence-corrected chi connectivity index (χ4v) is 1.07. The van der Waals surface area contributed by atoms with E-state index in [2.05, 4.69) is 18.0 Å². The van der Waals surface area contributed by atoms with Crippen LogP contribution in [-0.4, -0.2) is 18.5 Å². The van der Waals surface area contributed by atoms with E-state index >= 15 is 0 Å². The quantitative estimate of drug-likeness (QED) is 0.678. The maximum Gasteiger partial charge on any atom is 0.205 e. The van der Waals surface area contributed by atoms with Gasteiger partial charge in [0.2, 0.25) is 5.90 Å². The van der Waals surface area contributed by atoms with E-state index < -0.39 is 0 Å². The van der Waals surface area contributed by atoms with Crippen molar-refractivity contribution in [3.8, 4) is 0 Å². The lowest BCUT2D eigenvalue weighted by Crippen LogP contribution is -2.29. The molecule has 1 atom stereocenters. The summed E-state index contributed by atoms with van der Waals surface area (Å²) in [5.41, 5.74) is 6.75. The number of rotatable bonds is 2. The molecule has 0 aromatic rings. The molecule has 0 aromatic carbocycles. The number of allylic oxidation sites excluding steroid dienone is 1. The zero-order valence-electron chi connectivity index (χ0n) is 7.71. The van der Waals surface area contributed by atoms with E-state index in [0.29, 0.717) is 12.5 Å². The van der Waals surface area contributed by atoms with E-state index in [9.17, 15) is 0 Å². The smallest absolute Gasteiger partial charge is 0.205 e. The molecule has 1 rings (SSSR count). The van der Waals surface area contributed by atoms with E-state index in [4.69, 9.17) is 10.5 Å². The fraction of sp³-hybridized carbons (Fsp3) is 0.667. The second kappa shape index (κ2) is 4.26. The molecule has 1 unspecified atom stereocenters. The highest BCUT2D eigenvalue weighted by Gasteiger charge is 2.09. The van der Waals surface area contributed by atoms with Crippen molar-refractivity contribution in [3.05, 3.63) is 11.8 Å². The summed E-state index contributed by atoms with van der Waals surface area (Å²) in [7, 11) is 0. The molecule has 0 spiro atoms. The van der Waals surface area contributed by atoms with Crippen LogP contribution in [0.3, 0.4) is 0 Å². The van der Waals surface area contributed by atoms with Crippen molar-refractivity contribution in [1.82, 2.24) is 0 Å². The van der Waals surface area contributed by atoms with Crippen LogP contribution in [-0.2, 0) is 4.74 Å². The third-order valence-corrected chi connectivity index (χ3v) is 1.75. The van der Waals surface area contributed by atoms with Crippen LogP contribution < -0.4 is 5.73 Å². The van der Waals surface area contributed by atoms with Crippen LogP contribution in [0.4, 0.5) is 0 Å². The van der Waals surface area contributed by atoms with Crippen molar-refractivity contribution >= 4 is 5.90 Å². The summed E-state index contributed by atoms with van der Waals surface area (Å²) in [5.74, 6) is 0.667. The topological polar surface area (TPSA) is 47.6 Å². The Labute approximate surface area is 73.3 Å². The van der Waals surface area contributed by atoms with Crippen LogP contribution in [0, 0.1) is 0 Å². The van der Waals surface area contributed by atoms with Gasteiger partial charge in [0.1, 0.15) is 0 Å². The zero-order chi connectivity index (χ0) is 8.97. The first-order valence-electron chi connectivity index (χ1n) is 4.40. The summed E-state index contributed by atoms with van der Waals surface area (Å²) in [6.07, 6.45) is 3.98. The molecule has 12 heavy (non-hydrogen) atoms. The Morgan fingerprint density at radius 1 is 1.75 bits per heavy atom. The van der Waals surface area contributed by atoms with Gasteiger partial charge >= 0.3 is 0 Å². The zero-order valence-corrected chi connectivity index (χ0v) is 7.71. The van der Waals surface area contributed by atoms with Crippen LogP contribution in [0.15, 0.2) is 16.8 Å². The van der Waals surface area contributed by atoms with Crippen LogP contribution in [0.2, 0.25) is 0 Å². The minimum atomic E-state index is -0.0990. The molecule has 3 heteroatoms. The van der Waals surface area contributed by atoms with E-state index in [0.717, 1.165) is 18.5 Å². The van der Waals surface area contributed by atoms with E-state index in [1.165, 1.54) is 0 Å². The van der Waals surface area contributed by atoms with Gasteiger partial charge in [-0.25, -0.2) is 4.99 Å². The summed E-state index contributed by atoms with van der Waals surface area (Å²) < 4.78 is 5.37. The van der Waals surface area contributed by atoms with E-state index in [-0.39, 0.29) is 6.04 Å². The summed E-state index contributed by atoms with van der Waals surface area (Å²) in [6, 6.07) is -0.0990. The van der Waals surface area contributed by atoms with Gasteiger partial charge in [-0.2, -0.15) is 0 Å². The van der Waals surface area contributed by atoms with Crippen LogP contribution >= 0.6 is 0 Å². The maximum atomic E-state index is 5.67. The Kier molecular flexibility index (Phi) is 3.29. The van der Waals surface area contributed by atoms with Crippen LogP contribution in [0.1, 0.15) is 26.7 Å². The first-order valence-corrected chi connectivity index (χ1v) is 4.40. The number of nitrogens with zero attached hydrogens (tertiary/aromatic N) is 1. The molecular formula is C9H16N2O. The largest absolute Gasteiger partial charge is 0.479 e. The minimum Gasteiger partial charge on any atom is -0.479 e. The summed E-state index contributed by atoms with van der Waals surface area (Å²) in [4.78, 5) is 4.32. The van der Waals surface area contributed by atoms with Crippen molar-refractivity contribution in [2.24, 2.45) is 10.7 Å². The second-order valence-electron chi connectivity index (χ2n) is 2.92. The van der Waals surface area contributed by atoms with Gasteiger partial charge in [0.05, 0.1) is 12.6 Å². The summed E-state index contributed by atoms with van der Waals surface area (Å²) in [5, 5.41) is 0. The van der Waals surface area contributed by atoms with E-state index in [1.54, 1.807) is 0 Å². The third kappa shape index (κ3) is 2.34. The van der Waals surface area contributed by atoms with Crippen molar-refractivity contribution in [2.75, 3.05) is 6.61 Å². The van der Waals surface area contributed by atoms with Gasteiger partial charge in [-0.15, -0.1) is 0 Å². The molecule has 0 aliphatic carbocycles. The molecule has 0 saturated carbocycles. The Hall–Kier alpha value is -0.830. The molecule has 1 aliphatic heterocycles. The maximum absolute atomic E-state index is 5.67. The van der Waals surface area contributed by atoms with Crippen LogP contribution in [0.25, 0.3) is 0 Å². The molecule has 68 valence electrons. The van der Waals surface area contributed by atoms with Gasteiger partial charge in [0, 0.05) is 12.1 Å². The molecule has 0 radical (unpaired) electrons. The van der Waals surface area contributed by atoms with Crippen molar-refractivity contribution < 1.29 is 4.74 Å². The molecule has 0 aromatic heterocycles. The average molecular weight is 168 g/mol. The molecule has 1 aliphatic rings. The number of ether oxygens (including phenoxy) is 1. The Bertz CT molecular complexity index is 207. The highest BCUT2D eigenvalue weighted by molar-refractivity contribution is 5.82. The molecule has 0 bridgehead atoms. The lowest BCUT2D eigenvalue weighted by molar-refractivity contribution is 0.301. The predicted octanol–water partition coefficient (Wildman–Crippen LogP) is 1.45. The van der Waals surface area contributed by atoms with Gasteiger partial charge in [0.25, 0.3) is 0 Å². The molecule has 0 fully saturated rings. The number of hydrogen-bond acceptors (Lipinski definition) is 3. The van der Waals surface area contributed by atoms with Gasteiger partial charge < -0.3 is 10.5 Å². The highest BCUT2D eigenvalue weighted by atomic mass is 16.5. The number of aliphatic imine (C=N–C) groups is 1. The van der Waals surface area contributed by atoms with E-state index in [1.807, 2.05) is 6.92 Å². The molecule has 2 N–H and O–H groups in total. The van der Waals surface area contributed by atoms with Gasteiger partial charge in [-0.1, -0.05) is 13.0 Å². The molecule has 3 nitrogen and oxygen atoms in total. The SMILES string of the molecule is CCC1=CCCOC(C(C)N)=N1. The normalized spacial score (nSPS) is 20.2. The standard InChI is InChI=1S/C9H16N2O/c1-3-8-5-4-6-12-9(11-8)7(2)10/h5,7H,3-4,6,10H2,1-2H3. The molecular weight excluding hydrogens is 152 g/mol. The van der Waals surface area contributed by atoms with Gasteiger partial charge in [0.15, 0.2) is 0 Å². The fourth-order valence-electron chi connectivity index (χ4n) is 1.07. The first kappa shape index (κ1) is 9.26. The second-order valence-corrected chi connectivity index (χ2v) is 2.92. The number of nitrogens with two attached hydrogens (primary N) is 1. The lowest BCUT2D eigenvalue weighted by Gasteiger charge is -2.09. The van der Waals surface area contributed by atoms with Crippen LogP contribution in [0.5, 0.6) is 0 Å². The van der Waals surface area contributed by atoms with Gasteiger partial charge in [-0.05, 0) is 13.3 Å². The predicted molar refractivity (Wildman–Crippen MR) is 50.0 cm³/mol. The minimum absolute atomic E-state index is 0.0990. The van der Waals surface area contributed by atoms with Crippen molar-refractivity contribution in [3.63, 3.8) is 0 Å². The first-order chi connectivity index (χ1) is 5.74. The van der Waals surface area contributed by atoms with Crippen molar-refractivity contribution in [2.45, 2.75) is 32.7 Å². The Morgan fingerprint density at radius 2 is 2.50 bits per heavy atom. The molecule has 1 heterocycles. The summed E-state index contributed by atoms with van der Waals surface area (Å²) >= 11 is 0. The highest BCUT2D eigenvalue weighted by Crippen LogP contribution is 2.10. The Balaban J connectivity index is 2.73. The molecule has 0 amide bonds. The number of hydrogen-bond donors (Lipinski definition) is 1. The summed E-state index contributed by atoms with van der Waals surface area (Å²) in [6.45, 7) is 4.67. The third-order valence-electron chi connectivity index (χ3n) is 1.75. The average Bonchev–Trinajstić information content (AvgIpc) is 2.28. The van der Waals surface area contributed by atoms with Crippen molar-refractivity contribution in [1.29, 1.82) is 0 Å². The monoisotopic (exact) mass is 168 g/mol. The lowest BCUT2D eigenvalue weighted by atomic mass is 10.3. The van der Waals surface area contributed by atoms with Gasteiger partial charge in [-0.3, -0.25) is 0 Å². The Morgan fingerprint density at radius 3 is 3.08 bits per heavy atom. The molecule has 0 saturated heterocycles.